The van der Waals surface area contributed by atoms with Crippen LogP contribution in [0.2, 0.25) is 5.02 Å². The van der Waals surface area contributed by atoms with Crippen LogP contribution in [-0.2, 0) is 9.53 Å². The lowest BCUT2D eigenvalue weighted by molar-refractivity contribution is -0.136. The van der Waals surface area contributed by atoms with Crippen molar-refractivity contribution in [2.24, 2.45) is 5.73 Å². The van der Waals surface area contributed by atoms with Gasteiger partial charge in [-0.05, 0) is 23.3 Å². The number of esters is 1. The van der Waals surface area contributed by atoms with Crippen molar-refractivity contribution in [3.05, 3.63) is 74.6 Å². The molecule has 2 N–H and O–H groups in total. The highest BCUT2D eigenvalue weighted by Gasteiger charge is 2.46. The topological polar surface area (TPSA) is 68.5 Å². The number of ether oxygens (including phenoxy) is 1. The van der Waals surface area contributed by atoms with Gasteiger partial charge >= 0.3 is 5.97 Å². The first-order valence-electron chi connectivity index (χ1n) is 8.79. The number of hydrogen-bond donors (Lipinski definition) is 1. The lowest BCUT2D eigenvalue weighted by Crippen LogP contribution is -2.37. The van der Waals surface area contributed by atoms with Gasteiger partial charge < -0.3 is 15.4 Å². The number of benzene rings is 1. The highest BCUT2D eigenvalue weighted by molar-refractivity contribution is 7.09. The quantitative estimate of drug-likeness (QED) is 0.605. The maximum absolute atomic E-state index is 13.7. The van der Waals surface area contributed by atoms with Crippen molar-refractivity contribution in [3.8, 4) is 0 Å². The van der Waals surface area contributed by atoms with E-state index in [1.807, 2.05) is 5.38 Å². The average Bonchev–Trinajstić information content (AvgIpc) is 3.30. The molecule has 28 heavy (non-hydrogen) atoms. The van der Waals surface area contributed by atoms with Crippen LogP contribution in [0.3, 0.4) is 0 Å². The Morgan fingerprint density at radius 3 is 2.93 bits per heavy atom. The van der Waals surface area contributed by atoms with Crippen LogP contribution in [0.15, 0.2) is 53.2 Å². The zero-order valence-electron chi connectivity index (χ0n) is 15.2. The van der Waals surface area contributed by atoms with Crippen LogP contribution in [0.4, 0.5) is 4.39 Å². The van der Waals surface area contributed by atoms with Crippen LogP contribution in [0, 0.1) is 5.82 Å². The average molecular weight is 420 g/mol. The number of aromatic nitrogens is 1. The van der Waals surface area contributed by atoms with Gasteiger partial charge in [-0.3, -0.25) is 0 Å². The summed E-state index contributed by atoms with van der Waals surface area (Å²) < 4.78 is 18.7. The SMILES string of the molecule is C=C1C(c2nccs2)N2C[C@@H](N)CC2=C(C(=O)OC)[C@@H]1c1ccc(F)cc1Cl. The van der Waals surface area contributed by atoms with Gasteiger partial charge in [0.1, 0.15) is 16.9 Å². The van der Waals surface area contributed by atoms with Gasteiger partial charge in [0.25, 0.3) is 0 Å². The maximum Gasteiger partial charge on any atom is 0.336 e. The van der Waals surface area contributed by atoms with Crippen LogP contribution in [0.5, 0.6) is 0 Å². The second-order valence-electron chi connectivity index (χ2n) is 6.92. The largest absolute Gasteiger partial charge is 0.466 e. The Morgan fingerprint density at radius 1 is 1.50 bits per heavy atom. The minimum Gasteiger partial charge on any atom is -0.466 e. The van der Waals surface area contributed by atoms with E-state index in [9.17, 15) is 9.18 Å². The minimum atomic E-state index is -0.536. The van der Waals surface area contributed by atoms with E-state index in [-0.39, 0.29) is 17.1 Å². The molecule has 0 amide bonds. The Labute approximate surface area is 171 Å². The first kappa shape index (κ1) is 19.1. The molecule has 0 aliphatic carbocycles. The number of nitrogens with two attached hydrogens (primary N) is 1. The molecular formula is C20H19ClFN3O2S. The summed E-state index contributed by atoms with van der Waals surface area (Å²) in [5.41, 5.74) is 8.87. The molecule has 0 bridgehead atoms. The Bertz CT molecular complexity index is 976. The van der Waals surface area contributed by atoms with Gasteiger partial charge in [-0.2, -0.15) is 0 Å². The molecule has 3 atom stereocenters. The summed E-state index contributed by atoms with van der Waals surface area (Å²) in [6, 6.07) is 3.82. The number of thiazole rings is 1. The smallest absolute Gasteiger partial charge is 0.336 e. The van der Waals surface area contributed by atoms with Crippen molar-refractivity contribution in [1.82, 2.24) is 9.88 Å². The fourth-order valence-corrected chi connectivity index (χ4v) is 5.19. The summed E-state index contributed by atoms with van der Waals surface area (Å²) in [5, 5.41) is 3.00. The van der Waals surface area contributed by atoms with E-state index in [2.05, 4.69) is 16.5 Å². The van der Waals surface area contributed by atoms with Crippen molar-refractivity contribution >= 4 is 28.9 Å². The van der Waals surface area contributed by atoms with Gasteiger partial charge in [-0.15, -0.1) is 11.3 Å². The van der Waals surface area contributed by atoms with E-state index in [1.54, 1.807) is 12.3 Å². The van der Waals surface area contributed by atoms with Crippen molar-refractivity contribution in [1.29, 1.82) is 0 Å². The molecule has 146 valence electrons. The molecule has 1 saturated heterocycles. The fraction of sp³-hybridized carbons (Fsp3) is 0.300. The van der Waals surface area contributed by atoms with Gasteiger partial charge in [0.2, 0.25) is 0 Å². The molecule has 3 heterocycles. The van der Waals surface area contributed by atoms with E-state index in [0.717, 1.165) is 16.3 Å². The predicted octanol–water partition coefficient (Wildman–Crippen LogP) is 3.79. The fourth-order valence-electron chi connectivity index (χ4n) is 4.13. The maximum atomic E-state index is 13.7. The molecule has 1 unspecified atom stereocenters. The Morgan fingerprint density at radius 2 is 2.29 bits per heavy atom. The summed E-state index contributed by atoms with van der Waals surface area (Å²) in [7, 11) is 1.34. The van der Waals surface area contributed by atoms with Crippen molar-refractivity contribution in [2.75, 3.05) is 13.7 Å². The molecule has 2 aliphatic rings. The predicted molar refractivity (Wildman–Crippen MR) is 106 cm³/mol. The highest BCUT2D eigenvalue weighted by Crippen LogP contribution is 2.52. The molecule has 1 fully saturated rings. The number of carbonyl (C=O) groups is 1. The lowest BCUT2D eigenvalue weighted by atomic mass is 9.77. The van der Waals surface area contributed by atoms with Crippen LogP contribution in [-0.4, -0.2) is 35.5 Å². The van der Waals surface area contributed by atoms with Gasteiger partial charge in [0.15, 0.2) is 0 Å². The first-order chi connectivity index (χ1) is 13.4. The van der Waals surface area contributed by atoms with E-state index < -0.39 is 17.7 Å². The van der Waals surface area contributed by atoms with Gasteiger partial charge in [-0.25, -0.2) is 14.2 Å². The number of halogens is 2. The van der Waals surface area contributed by atoms with Crippen LogP contribution in [0.25, 0.3) is 0 Å². The molecule has 0 spiro atoms. The number of methoxy groups -OCH3 is 1. The third-order valence-electron chi connectivity index (χ3n) is 5.23. The summed E-state index contributed by atoms with van der Waals surface area (Å²) in [6.07, 6.45) is 2.28. The Balaban J connectivity index is 1.96. The number of nitrogens with zero attached hydrogens (tertiary/aromatic N) is 2. The summed E-state index contributed by atoms with van der Waals surface area (Å²) in [4.78, 5) is 19.4. The molecule has 5 nitrogen and oxygen atoms in total. The second kappa shape index (κ2) is 7.31. The summed E-state index contributed by atoms with van der Waals surface area (Å²) in [6.45, 7) is 4.90. The second-order valence-corrected chi connectivity index (χ2v) is 8.25. The third kappa shape index (κ3) is 3.03. The van der Waals surface area contributed by atoms with Crippen molar-refractivity contribution < 1.29 is 13.9 Å². The number of carbonyl (C=O) groups excluding carboxylic acids is 1. The molecule has 2 aromatic rings. The normalized spacial score (nSPS) is 24.5. The monoisotopic (exact) mass is 419 g/mol. The number of hydrogen-bond acceptors (Lipinski definition) is 6. The molecular weight excluding hydrogens is 401 g/mol. The number of rotatable bonds is 3. The molecule has 0 saturated carbocycles. The minimum absolute atomic E-state index is 0.118. The lowest BCUT2D eigenvalue weighted by Gasteiger charge is -2.41. The summed E-state index contributed by atoms with van der Waals surface area (Å²) >= 11 is 7.89. The van der Waals surface area contributed by atoms with Crippen LogP contribution in [0.1, 0.15) is 29.0 Å². The molecule has 1 aromatic heterocycles. The highest BCUT2D eigenvalue weighted by atomic mass is 35.5. The third-order valence-corrected chi connectivity index (χ3v) is 6.39. The zero-order chi connectivity index (χ0) is 20.0. The van der Waals surface area contributed by atoms with Crippen molar-refractivity contribution in [3.63, 3.8) is 0 Å². The Kier molecular flexibility index (Phi) is 4.99. The standard InChI is InChI=1S/C20H19ClFN3O2S/c1-10-16(13-4-3-11(22)7-14(13)21)17(20(26)27-2)15-8-12(23)9-25(15)18(10)19-24-5-6-28-19/h3-7,12,16,18H,1,8-9,23H2,2H3/t12-,16-,18?/m0/s1. The molecule has 4 rings (SSSR count). The van der Waals surface area contributed by atoms with Crippen molar-refractivity contribution in [2.45, 2.75) is 24.4 Å². The van der Waals surface area contributed by atoms with Crippen LogP contribution < -0.4 is 5.73 Å². The van der Waals surface area contributed by atoms with Gasteiger partial charge in [0, 0.05) is 47.2 Å². The summed E-state index contributed by atoms with van der Waals surface area (Å²) in [5.74, 6) is -1.44. The van der Waals surface area contributed by atoms with E-state index in [4.69, 9.17) is 22.1 Å². The van der Waals surface area contributed by atoms with Gasteiger partial charge in [-0.1, -0.05) is 24.2 Å². The van der Waals surface area contributed by atoms with E-state index in [0.29, 0.717) is 24.1 Å². The Hall–Kier alpha value is -2.22. The van der Waals surface area contributed by atoms with Gasteiger partial charge in [0.05, 0.1) is 12.7 Å². The van der Waals surface area contributed by atoms with Crippen LogP contribution >= 0.6 is 22.9 Å². The molecule has 1 aromatic carbocycles. The zero-order valence-corrected chi connectivity index (χ0v) is 16.8. The first-order valence-corrected chi connectivity index (χ1v) is 10.0. The number of fused-ring (bicyclic) bond motifs is 1. The molecule has 2 aliphatic heterocycles. The molecule has 8 heteroatoms. The van der Waals surface area contributed by atoms with E-state index >= 15 is 0 Å². The molecule has 0 radical (unpaired) electrons. The van der Waals surface area contributed by atoms with E-state index in [1.165, 1.54) is 30.6 Å².